The van der Waals surface area contributed by atoms with Gasteiger partial charge in [0.2, 0.25) is 0 Å². The Morgan fingerprint density at radius 2 is 1.83 bits per heavy atom. The van der Waals surface area contributed by atoms with Gasteiger partial charge in [0, 0.05) is 36.5 Å². The van der Waals surface area contributed by atoms with Gasteiger partial charge in [0.15, 0.2) is 5.78 Å². The third-order valence-electron chi connectivity index (χ3n) is 6.03. The number of halogens is 1. The van der Waals surface area contributed by atoms with Crippen LogP contribution in [0.2, 0.25) is 5.02 Å². The molecule has 2 aliphatic rings. The van der Waals surface area contributed by atoms with Crippen molar-refractivity contribution in [1.82, 2.24) is 4.90 Å². The molecule has 2 aliphatic heterocycles. The average Bonchev–Trinajstić information content (AvgIpc) is 2.72. The lowest BCUT2D eigenvalue weighted by atomic mass is 9.81. The molecular formula is C23H24ClNO4. The molecular weight excluding hydrogens is 390 g/mol. The van der Waals surface area contributed by atoms with Crippen molar-refractivity contribution in [1.29, 1.82) is 0 Å². The lowest BCUT2D eigenvalue weighted by Gasteiger charge is -2.44. The van der Waals surface area contributed by atoms with E-state index in [1.54, 1.807) is 31.4 Å². The van der Waals surface area contributed by atoms with Crippen LogP contribution in [0.3, 0.4) is 0 Å². The Morgan fingerprint density at radius 3 is 2.45 bits per heavy atom. The molecule has 0 atom stereocenters. The van der Waals surface area contributed by atoms with E-state index >= 15 is 0 Å². The molecule has 1 spiro atoms. The Morgan fingerprint density at radius 1 is 1.17 bits per heavy atom. The summed E-state index contributed by atoms with van der Waals surface area (Å²) in [6.07, 6.45) is 1.58. The Labute approximate surface area is 175 Å². The van der Waals surface area contributed by atoms with Crippen molar-refractivity contribution in [3.05, 3.63) is 57.6 Å². The van der Waals surface area contributed by atoms with Crippen LogP contribution in [0.15, 0.2) is 30.3 Å². The monoisotopic (exact) mass is 413 g/mol. The highest BCUT2D eigenvalue weighted by molar-refractivity contribution is 6.32. The standard InChI is InChI=1S/C23H24ClNO4/c1-14-12-19-20(15(2)21(14)24)18(26)13-23(29-19)8-10-25(11-9-23)22(27)16-4-6-17(28-3)7-5-16/h4-7,12H,8-11,13H2,1-3H3. The fourth-order valence-corrected chi connectivity index (χ4v) is 4.46. The number of nitrogens with zero attached hydrogens (tertiary/aromatic N) is 1. The van der Waals surface area contributed by atoms with Crippen LogP contribution in [0.5, 0.6) is 11.5 Å². The summed E-state index contributed by atoms with van der Waals surface area (Å²) in [7, 11) is 1.60. The molecule has 0 bridgehead atoms. The lowest BCUT2D eigenvalue weighted by molar-refractivity contribution is -0.00580. The second kappa shape index (κ2) is 7.38. The van der Waals surface area contributed by atoms with E-state index in [0.29, 0.717) is 54.3 Å². The van der Waals surface area contributed by atoms with Gasteiger partial charge < -0.3 is 14.4 Å². The summed E-state index contributed by atoms with van der Waals surface area (Å²) in [5, 5.41) is 0.622. The van der Waals surface area contributed by atoms with Gasteiger partial charge in [-0.15, -0.1) is 0 Å². The number of fused-ring (bicyclic) bond motifs is 1. The second-order valence-corrected chi connectivity index (χ2v) is 8.29. The smallest absolute Gasteiger partial charge is 0.253 e. The average molecular weight is 414 g/mol. The molecule has 0 unspecified atom stereocenters. The van der Waals surface area contributed by atoms with E-state index in [4.69, 9.17) is 21.1 Å². The van der Waals surface area contributed by atoms with Gasteiger partial charge in [-0.25, -0.2) is 0 Å². The molecule has 0 radical (unpaired) electrons. The SMILES string of the molecule is COc1ccc(C(=O)N2CCC3(CC2)CC(=O)c2c(cc(C)c(Cl)c2C)O3)cc1. The Bertz CT molecular complexity index is 975. The Kier molecular flexibility index (Phi) is 5.03. The fourth-order valence-electron chi connectivity index (χ4n) is 4.31. The molecule has 0 N–H and O–H groups in total. The first-order valence-electron chi connectivity index (χ1n) is 9.79. The molecule has 6 heteroatoms. The lowest BCUT2D eigenvalue weighted by Crippen LogP contribution is -2.52. The topological polar surface area (TPSA) is 55.8 Å². The summed E-state index contributed by atoms with van der Waals surface area (Å²) < 4.78 is 11.5. The largest absolute Gasteiger partial charge is 0.497 e. The van der Waals surface area contributed by atoms with Crippen LogP contribution in [-0.4, -0.2) is 42.4 Å². The molecule has 0 aromatic heterocycles. The van der Waals surface area contributed by atoms with Crippen LogP contribution in [0.1, 0.15) is 51.1 Å². The fraction of sp³-hybridized carbons (Fsp3) is 0.391. The molecule has 1 fully saturated rings. The number of Topliss-reactive ketones (excluding diaryl/α,β-unsaturated/α-hetero) is 1. The number of hydrogen-bond acceptors (Lipinski definition) is 4. The van der Waals surface area contributed by atoms with Crippen molar-refractivity contribution in [2.45, 2.75) is 38.7 Å². The zero-order valence-corrected chi connectivity index (χ0v) is 17.6. The summed E-state index contributed by atoms with van der Waals surface area (Å²) >= 11 is 6.33. The number of carbonyl (C=O) groups is 2. The predicted octanol–water partition coefficient (Wildman–Crippen LogP) is 4.61. The maximum absolute atomic E-state index is 12.9. The zero-order chi connectivity index (χ0) is 20.8. The number of ketones is 1. The summed E-state index contributed by atoms with van der Waals surface area (Å²) in [6, 6.07) is 8.98. The normalized spacial score (nSPS) is 17.7. The van der Waals surface area contributed by atoms with E-state index in [9.17, 15) is 9.59 Å². The number of benzene rings is 2. The molecule has 2 heterocycles. The molecule has 152 valence electrons. The maximum Gasteiger partial charge on any atom is 0.253 e. The van der Waals surface area contributed by atoms with Crippen LogP contribution in [0.25, 0.3) is 0 Å². The van der Waals surface area contributed by atoms with E-state index in [-0.39, 0.29) is 11.7 Å². The minimum atomic E-state index is -0.548. The molecule has 0 saturated carbocycles. The van der Waals surface area contributed by atoms with Gasteiger partial charge in [-0.1, -0.05) is 11.6 Å². The van der Waals surface area contributed by atoms with Gasteiger partial charge in [0.1, 0.15) is 17.1 Å². The van der Waals surface area contributed by atoms with Crippen LogP contribution in [0.4, 0.5) is 0 Å². The van der Waals surface area contributed by atoms with Crippen LogP contribution < -0.4 is 9.47 Å². The number of methoxy groups -OCH3 is 1. The summed E-state index contributed by atoms with van der Waals surface area (Å²) in [5.41, 5.74) is 2.37. The van der Waals surface area contributed by atoms with E-state index in [1.165, 1.54) is 0 Å². The molecule has 1 amide bonds. The van der Waals surface area contributed by atoms with E-state index < -0.39 is 5.60 Å². The van der Waals surface area contributed by atoms with Crippen molar-refractivity contribution in [3.63, 3.8) is 0 Å². The highest BCUT2D eigenvalue weighted by Gasteiger charge is 2.44. The van der Waals surface area contributed by atoms with Crippen molar-refractivity contribution in [3.8, 4) is 11.5 Å². The minimum Gasteiger partial charge on any atom is -0.497 e. The number of hydrogen-bond donors (Lipinski definition) is 0. The van der Waals surface area contributed by atoms with Crippen LogP contribution in [0, 0.1) is 13.8 Å². The molecule has 2 aromatic carbocycles. The van der Waals surface area contributed by atoms with Crippen molar-refractivity contribution < 1.29 is 19.1 Å². The summed E-state index contributed by atoms with van der Waals surface area (Å²) in [4.78, 5) is 27.6. The first-order chi connectivity index (χ1) is 13.8. The quantitative estimate of drug-likeness (QED) is 0.721. The van der Waals surface area contributed by atoms with Gasteiger partial charge in [0.05, 0.1) is 19.1 Å². The number of rotatable bonds is 2. The Balaban J connectivity index is 1.50. The number of likely N-dealkylation sites (tertiary alicyclic amines) is 1. The number of amides is 1. The van der Waals surface area contributed by atoms with E-state index in [2.05, 4.69) is 0 Å². The molecule has 1 saturated heterocycles. The van der Waals surface area contributed by atoms with Crippen LogP contribution in [-0.2, 0) is 0 Å². The molecule has 0 aliphatic carbocycles. The first-order valence-corrected chi connectivity index (χ1v) is 10.2. The number of ether oxygens (including phenoxy) is 2. The third kappa shape index (κ3) is 3.48. The number of carbonyl (C=O) groups excluding carboxylic acids is 2. The molecule has 2 aromatic rings. The van der Waals surface area contributed by atoms with E-state index in [0.717, 1.165) is 16.9 Å². The number of aryl methyl sites for hydroxylation is 1. The molecule has 5 nitrogen and oxygen atoms in total. The summed E-state index contributed by atoms with van der Waals surface area (Å²) in [5.74, 6) is 1.40. The van der Waals surface area contributed by atoms with Gasteiger partial charge in [-0.3, -0.25) is 9.59 Å². The zero-order valence-electron chi connectivity index (χ0n) is 16.9. The minimum absolute atomic E-state index is 0.0106. The van der Waals surface area contributed by atoms with Gasteiger partial charge in [0.25, 0.3) is 5.91 Å². The predicted molar refractivity (Wildman–Crippen MR) is 111 cm³/mol. The summed E-state index contributed by atoms with van der Waals surface area (Å²) in [6.45, 7) is 4.89. The molecule has 29 heavy (non-hydrogen) atoms. The van der Waals surface area contributed by atoms with Crippen molar-refractivity contribution >= 4 is 23.3 Å². The Hall–Kier alpha value is -2.53. The first kappa shape index (κ1) is 19.8. The number of piperidine rings is 1. The van der Waals surface area contributed by atoms with Crippen molar-refractivity contribution in [2.24, 2.45) is 0 Å². The van der Waals surface area contributed by atoms with Crippen LogP contribution >= 0.6 is 11.6 Å². The highest BCUT2D eigenvalue weighted by Crippen LogP contribution is 2.43. The maximum atomic E-state index is 12.9. The third-order valence-corrected chi connectivity index (χ3v) is 6.61. The van der Waals surface area contributed by atoms with Gasteiger partial charge in [-0.05, 0) is 55.3 Å². The van der Waals surface area contributed by atoms with E-state index in [1.807, 2.05) is 24.8 Å². The van der Waals surface area contributed by atoms with Gasteiger partial charge in [-0.2, -0.15) is 0 Å². The second-order valence-electron chi connectivity index (χ2n) is 7.91. The molecule has 4 rings (SSSR count). The van der Waals surface area contributed by atoms with Gasteiger partial charge >= 0.3 is 0 Å². The van der Waals surface area contributed by atoms with Crippen molar-refractivity contribution in [2.75, 3.05) is 20.2 Å². The highest BCUT2D eigenvalue weighted by atomic mass is 35.5.